The van der Waals surface area contributed by atoms with E-state index >= 15 is 0 Å². The van der Waals surface area contributed by atoms with Crippen LogP contribution in [0.5, 0.6) is 0 Å². The van der Waals surface area contributed by atoms with Crippen LogP contribution in [0.15, 0.2) is 34.6 Å². The molecule has 0 radical (unpaired) electrons. The molecule has 3 rings (SSSR count). The zero-order valence-corrected chi connectivity index (χ0v) is 14.8. The first-order chi connectivity index (χ1) is 12.7. The molecule has 26 heavy (non-hydrogen) atoms. The SMILES string of the molecule is N#Cc1cccc(N/N=N\C(=N)C2CCCCN2C(=O)C2CCCC2)c1. The summed E-state index contributed by atoms with van der Waals surface area (Å²) in [6.45, 7) is 0.704. The third-order valence-electron chi connectivity index (χ3n) is 5.13. The van der Waals surface area contributed by atoms with E-state index in [-0.39, 0.29) is 23.7 Å². The molecule has 1 saturated heterocycles. The second-order valence-electron chi connectivity index (χ2n) is 6.91. The summed E-state index contributed by atoms with van der Waals surface area (Å²) in [6, 6.07) is 8.69. The molecule has 2 fully saturated rings. The molecule has 0 aromatic heterocycles. The van der Waals surface area contributed by atoms with Crippen molar-refractivity contribution in [1.82, 2.24) is 4.90 Å². The first kappa shape index (κ1) is 18.1. The molecule has 1 aromatic carbocycles. The Bertz CT molecular complexity index is 732. The molecule has 0 bridgehead atoms. The van der Waals surface area contributed by atoms with Crippen LogP contribution < -0.4 is 5.43 Å². The number of hydrogen-bond donors (Lipinski definition) is 2. The Hall–Kier alpha value is -2.75. The fourth-order valence-electron chi connectivity index (χ4n) is 3.75. The third kappa shape index (κ3) is 4.26. The molecule has 0 spiro atoms. The summed E-state index contributed by atoms with van der Waals surface area (Å²) in [5.41, 5.74) is 3.92. The minimum Gasteiger partial charge on any atom is -0.332 e. The lowest BCUT2D eigenvalue weighted by Crippen LogP contribution is -2.49. The Balaban J connectivity index is 1.62. The molecular weight excluding hydrogens is 328 g/mol. The molecule has 1 atom stereocenters. The van der Waals surface area contributed by atoms with E-state index in [0.29, 0.717) is 17.8 Å². The average Bonchev–Trinajstić information content (AvgIpc) is 3.22. The number of nitriles is 1. The molecule has 7 nitrogen and oxygen atoms in total. The number of carbonyl (C=O) groups is 1. The monoisotopic (exact) mass is 352 g/mol. The number of amidine groups is 1. The standard InChI is InChI=1S/C19H24N6O/c20-13-14-6-5-9-16(12-14)22-24-23-18(21)17-10-3-4-11-25(17)19(26)15-7-1-2-8-15/h5-6,9,12,15,17H,1-4,7-8,10-11H2,(H2,21,22,23). The van der Waals surface area contributed by atoms with E-state index in [2.05, 4.69) is 21.8 Å². The molecule has 1 aliphatic heterocycles. The van der Waals surface area contributed by atoms with Crippen LogP contribution in [-0.2, 0) is 4.79 Å². The summed E-state index contributed by atoms with van der Waals surface area (Å²) in [5.74, 6) is 0.411. The Kier molecular flexibility index (Phi) is 5.95. The normalized spacial score (nSPS) is 20.9. The number of nitrogens with zero attached hydrogens (tertiary/aromatic N) is 4. The summed E-state index contributed by atoms with van der Waals surface area (Å²) in [5, 5.41) is 25.1. The van der Waals surface area contributed by atoms with Gasteiger partial charge in [0.05, 0.1) is 23.4 Å². The van der Waals surface area contributed by atoms with E-state index in [4.69, 9.17) is 10.7 Å². The van der Waals surface area contributed by atoms with Gasteiger partial charge in [0.1, 0.15) is 0 Å². The molecule has 1 aromatic rings. The van der Waals surface area contributed by atoms with Crippen molar-refractivity contribution in [2.24, 2.45) is 16.3 Å². The van der Waals surface area contributed by atoms with Crippen molar-refractivity contribution in [1.29, 1.82) is 10.7 Å². The highest BCUT2D eigenvalue weighted by Gasteiger charge is 2.34. The fraction of sp³-hybridized carbons (Fsp3) is 0.526. The van der Waals surface area contributed by atoms with Gasteiger partial charge in [-0.25, -0.2) is 0 Å². The van der Waals surface area contributed by atoms with Crippen molar-refractivity contribution < 1.29 is 4.79 Å². The van der Waals surface area contributed by atoms with Gasteiger partial charge >= 0.3 is 0 Å². The lowest BCUT2D eigenvalue weighted by atomic mass is 9.97. The van der Waals surface area contributed by atoms with E-state index in [1.807, 2.05) is 4.90 Å². The molecular formula is C19H24N6O. The largest absolute Gasteiger partial charge is 0.332 e. The van der Waals surface area contributed by atoms with E-state index in [1.165, 1.54) is 0 Å². The maximum Gasteiger partial charge on any atom is 0.226 e. The quantitative estimate of drug-likeness (QED) is 0.372. The van der Waals surface area contributed by atoms with Crippen LogP contribution >= 0.6 is 0 Å². The molecule has 136 valence electrons. The van der Waals surface area contributed by atoms with Crippen LogP contribution in [-0.4, -0.2) is 29.2 Å². The first-order valence-electron chi connectivity index (χ1n) is 9.25. The van der Waals surface area contributed by atoms with E-state index in [1.54, 1.807) is 24.3 Å². The van der Waals surface area contributed by atoms with Crippen molar-refractivity contribution >= 4 is 17.4 Å². The molecule has 1 saturated carbocycles. The van der Waals surface area contributed by atoms with Gasteiger partial charge in [-0.2, -0.15) is 5.26 Å². The van der Waals surface area contributed by atoms with Crippen LogP contribution in [0.2, 0.25) is 0 Å². The van der Waals surface area contributed by atoms with Crippen LogP contribution in [0.1, 0.15) is 50.5 Å². The van der Waals surface area contributed by atoms with Gasteiger partial charge in [0.2, 0.25) is 5.91 Å². The van der Waals surface area contributed by atoms with Gasteiger partial charge in [0.15, 0.2) is 5.84 Å². The van der Waals surface area contributed by atoms with E-state index < -0.39 is 0 Å². The number of piperidine rings is 1. The zero-order valence-electron chi connectivity index (χ0n) is 14.8. The van der Waals surface area contributed by atoms with Gasteiger partial charge in [-0.1, -0.05) is 24.1 Å². The summed E-state index contributed by atoms with van der Waals surface area (Å²) in [4.78, 5) is 14.6. The number of benzene rings is 1. The molecule has 1 heterocycles. The Morgan fingerprint density at radius 2 is 2.00 bits per heavy atom. The summed E-state index contributed by atoms with van der Waals surface area (Å²) in [7, 11) is 0. The lowest BCUT2D eigenvalue weighted by Gasteiger charge is -2.36. The van der Waals surface area contributed by atoms with Gasteiger partial charge in [-0.3, -0.25) is 15.6 Å². The van der Waals surface area contributed by atoms with Gasteiger partial charge in [-0.15, -0.1) is 5.11 Å². The number of likely N-dealkylation sites (tertiary alicyclic amines) is 1. The highest BCUT2D eigenvalue weighted by molar-refractivity contribution is 5.90. The molecule has 1 aliphatic carbocycles. The van der Waals surface area contributed by atoms with Gasteiger partial charge < -0.3 is 4.90 Å². The van der Waals surface area contributed by atoms with Crippen molar-refractivity contribution in [3.63, 3.8) is 0 Å². The average molecular weight is 352 g/mol. The summed E-state index contributed by atoms with van der Waals surface area (Å²) in [6.07, 6.45) is 6.92. The van der Waals surface area contributed by atoms with E-state index in [0.717, 1.165) is 44.9 Å². The van der Waals surface area contributed by atoms with Crippen molar-refractivity contribution in [3.05, 3.63) is 29.8 Å². The van der Waals surface area contributed by atoms with Crippen LogP contribution in [0.25, 0.3) is 0 Å². The second kappa shape index (κ2) is 8.56. The number of nitrogens with one attached hydrogen (secondary N) is 2. The van der Waals surface area contributed by atoms with Crippen molar-refractivity contribution in [2.45, 2.75) is 51.0 Å². The Labute approximate surface area is 153 Å². The predicted octanol–water partition coefficient (Wildman–Crippen LogP) is 3.89. The number of rotatable bonds is 4. The van der Waals surface area contributed by atoms with Gasteiger partial charge in [-0.05, 0) is 50.3 Å². The van der Waals surface area contributed by atoms with Crippen LogP contribution in [0.3, 0.4) is 0 Å². The lowest BCUT2D eigenvalue weighted by molar-refractivity contribution is -0.137. The smallest absolute Gasteiger partial charge is 0.226 e. The van der Waals surface area contributed by atoms with Crippen LogP contribution in [0.4, 0.5) is 5.69 Å². The minimum atomic E-state index is -0.284. The molecule has 2 aliphatic rings. The summed E-state index contributed by atoms with van der Waals surface area (Å²) >= 11 is 0. The van der Waals surface area contributed by atoms with Gasteiger partial charge in [0.25, 0.3) is 0 Å². The first-order valence-corrected chi connectivity index (χ1v) is 9.25. The molecule has 1 amide bonds. The predicted molar refractivity (Wildman–Crippen MR) is 98.7 cm³/mol. The number of anilines is 1. The van der Waals surface area contributed by atoms with E-state index in [9.17, 15) is 4.79 Å². The van der Waals surface area contributed by atoms with Gasteiger partial charge in [0, 0.05) is 12.5 Å². The Morgan fingerprint density at radius 3 is 2.77 bits per heavy atom. The third-order valence-corrected chi connectivity index (χ3v) is 5.13. The maximum absolute atomic E-state index is 12.8. The highest BCUT2D eigenvalue weighted by atomic mass is 16.2. The van der Waals surface area contributed by atoms with Crippen molar-refractivity contribution in [3.8, 4) is 6.07 Å². The molecule has 1 unspecified atom stereocenters. The number of carbonyl (C=O) groups excluding carboxylic acids is 1. The van der Waals surface area contributed by atoms with Crippen molar-refractivity contribution in [2.75, 3.05) is 12.0 Å². The number of hydrogen-bond acceptors (Lipinski definition) is 4. The second-order valence-corrected chi connectivity index (χ2v) is 6.91. The Morgan fingerprint density at radius 1 is 1.23 bits per heavy atom. The zero-order chi connectivity index (χ0) is 18.4. The van der Waals surface area contributed by atoms with Crippen LogP contribution in [0, 0.1) is 22.7 Å². The topological polar surface area (TPSA) is 105 Å². The maximum atomic E-state index is 12.8. The molecule has 7 heteroatoms. The highest BCUT2D eigenvalue weighted by Crippen LogP contribution is 2.29. The minimum absolute atomic E-state index is 0.111. The fourth-order valence-corrected chi connectivity index (χ4v) is 3.75. The molecule has 2 N–H and O–H groups in total. The summed E-state index contributed by atoms with van der Waals surface area (Å²) < 4.78 is 0. The number of amides is 1.